The van der Waals surface area contributed by atoms with E-state index >= 15 is 0 Å². The molecular formula is C17H22N2O2. The standard InChI is InChI=1S/C17H22N2O2/c1-3-14-15-7-5-9-18(15)10-11-19(14)12-13-6-4-8-16(21-2)17(13)20/h4-9,14,20H,3,10-12H2,1-2H3/t14-/m0/s1. The Morgan fingerprint density at radius 3 is 2.86 bits per heavy atom. The largest absolute Gasteiger partial charge is 0.504 e. The van der Waals surface area contributed by atoms with Crippen molar-refractivity contribution in [2.45, 2.75) is 32.5 Å². The lowest BCUT2D eigenvalue weighted by Crippen LogP contribution is -2.37. The molecule has 21 heavy (non-hydrogen) atoms. The Bertz CT molecular complexity index is 621. The molecule has 1 N–H and O–H groups in total. The van der Waals surface area contributed by atoms with Gasteiger partial charge in [-0.3, -0.25) is 4.90 Å². The minimum Gasteiger partial charge on any atom is -0.504 e. The van der Waals surface area contributed by atoms with Crippen LogP contribution in [-0.4, -0.2) is 28.2 Å². The molecule has 1 atom stereocenters. The molecule has 2 heterocycles. The molecule has 1 aromatic carbocycles. The zero-order valence-electron chi connectivity index (χ0n) is 12.6. The van der Waals surface area contributed by atoms with Crippen molar-refractivity contribution in [3.05, 3.63) is 47.8 Å². The zero-order chi connectivity index (χ0) is 14.8. The highest BCUT2D eigenvalue weighted by Crippen LogP contribution is 2.34. The first kappa shape index (κ1) is 14.0. The summed E-state index contributed by atoms with van der Waals surface area (Å²) in [5.41, 5.74) is 2.29. The maximum atomic E-state index is 10.3. The van der Waals surface area contributed by atoms with Crippen molar-refractivity contribution >= 4 is 0 Å². The van der Waals surface area contributed by atoms with Crippen LogP contribution in [0.4, 0.5) is 0 Å². The third-order valence-corrected chi connectivity index (χ3v) is 4.34. The number of hydrogen-bond donors (Lipinski definition) is 1. The molecule has 1 aromatic heterocycles. The molecule has 0 saturated heterocycles. The Balaban J connectivity index is 1.85. The maximum absolute atomic E-state index is 10.3. The highest BCUT2D eigenvalue weighted by atomic mass is 16.5. The number of ether oxygens (including phenoxy) is 1. The molecule has 112 valence electrons. The topological polar surface area (TPSA) is 37.6 Å². The van der Waals surface area contributed by atoms with Crippen LogP contribution >= 0.6 is 0 Å². The zero-order valence-corrected chi connectivity index (χ0v) is 12.6. The van der Waals surface area contributed by atoms with Gasteiger partial charge in [0, 0.05) is 37.1 Å². The van der Waals surface area contributed by atoms with E-state index in [2.05, 4.69) is 34.7 Å². The fourth-order valence-electron chi connectivity index (χ4n) is 3.25. The highest BCUT2D eigenvalue weighted by Gasteiger charge is 2.26. The van der Waals surface area contributed by atoms with Gasteiger partial charge in [0.05, 0.1) is 13.2 Å². The number of rotatable bonds is 4. The Hall–Kier alpha value is -1.94. The van der Waals surface area contributed by atoms with Gasteiger partial charge >= 0.3 is 0 Å². The molecule has 1 aliphatic heterocycles. The molecule has 1 aliphatic rings. The summed E-state index contributed by atoms with van der Waals surface area (Å²) in [6, 6.07) is 10.4. The maximum Gasteiger partial charge on any atom is 0.162 e. The van der Waals surface area contributed by atoms with Crippen molar-refractivity contribution in [2.75, 3.05) is 13.7 Å². The number of para-hydroxylation sites is 1. The monoisotopic (exact) mass is 286 g/mol. The predicted molar refractivity (Wildman–Crippen MR) is 82.5 cm³/mol. The van der Waals surface area contributed by atoms with Crippen molar-refractivity contribution in [3.8, 4) is 11.5 Å². The number of phenolic OH excluding ortho intramolecular Hbond substituents is 1. The van der Waals surface area contributed by atoms with E-state index in [1.807, 2.05) is 12.1 Å². The number of fused-ring (bicyclic) bond motifs is 1. The lowest BCUT2D eigenvalue weighted by atomic mass is 10.0. The summed E-state index contributed by atoms with van der Waals surface area (Å²) >= 11 is 0. The highest BCUT2D eigenvalue weighted by molar-refractivity contribution is 5.45. The van der Waals surface area contributed by atoms with Gasteiger partial charge in [-0.15, -0.1) is 0 Å². The fraction of sp³-hybridized carbons (Fsp3) is 0.412. The quantitative estimate of drug-likeness (QED) is 0.938. The van der Waals surface area contributed by atoms with E-state index in [0.29, 0.717) is 11.8 Å². The number of aromatic nitrogens is 1. The minimum atomic E-state index is 0.260. The summed E-state index contributed by atoms with van der Waals surface area (Å²) in [6.07, 6.45) is 3.22. The van der Waals surface area contributed by atoms with Crippen molar-refractivity contribution in [1.29, 1.82) is 0 Å². The number of benzene rings is 1. The molecule has 0 bridgehead atoms. The average molecular weight is 286 g/mol. The van der Waals surface area contributed by atoms with Gasteiger partial charge < -0.3 is 14.4 Å². The number of methoxy groups -OCH3 is 1. The summed E-state index contributed by atoms with van der Waals surface area (Å²) in [7, 11) is 1.58. The molecule has 4 nitrogen and oxygen atoms in total. The van der Waals surface area contributed by atoms with Crippen molar-refractivity contribution in [2.24, 2.45) is 0 Å². The van der Waals surface area contributed by atoms with Gasteiger partial charge in [0.1, 0.15) is 0 Å². The number of aromatic hydroxyl groups is 1. The van der Waals surface area contributed by atoms with Crippen LogP contribution in [0.2, 0.25) is 0 Å². The van der Waals surface area contributed by atoms with Crippen LogP contribution < -0.4 is 4.74 Å². The Morgan fingerprint density at radius 2 is 2.10 bits per heavy atom. The first-order valence-corrected chi connectivity index (χ1v) is 7.48. The summed E-state index contributed by atoms with van der Waals surface area (Å²) in [5, 5.41) is 10.3. The second kappa shape index (κ2) is 5.82. The number of nitrogens with zero attached hydrogens (tertiary/aromatic N) is 2. The number of phenols is 1. The molecule has 0 aliphatic carbocycles. The predicted octanol–water partition coefficient (Wildman–Crippen LogP) is 3.17. The molecule has 3 rings (SSSR count). The van der Waals surface area contributed by atoms with Crippen molar-refractivity contribution < 1.29 is 9.84 Å². The SMILES string of the molecule is CC[C@H]1c2cccn2CCN1Cc1cccc(OC)c1O. The van der Waals surface area contributed by atoms with Crippen molar-refractivity contribution in [1.82, 2.24) is 9.47 Å². The van der Waals surface area contributed by atoms with Crippen LogP contribution in [0.25, 0.3) is 0 Å². The first-order chi connectivity index (χ1) is 10.2. The van der Waals surface area contributed by atoms with E-state index < -0.39 is 0 Å². The first-order valence-electron chi connectivity index (χ1n) is 7.48. The third-order valence-electron chi connectivity index (χ3n) is 4.34. The Labute approximate surface area is 125 Å². The molecule has 0 radical (unpaired) electrons. The second-order valence-electron chi connectivity index (χ2n) is 5.49. The Kier molecular flexibility index (Phi) is 3.88. The molecule has 0 spiro atoms. The van der Waals surface area contributed by atoms with Gasteiger partial charge in [-0.2, -0.15) is 0 Å². The van der Waals surface area contributed by atoms with Crippen LogP contribution in [0.15, 0.2) is 36.5 Å². The van der Waals surface area contributed by atoms with E-state index in [9.17, 15) is 5.11 Å². The van der Waals surface area contributed by atoms with Crippen molar-refractivity contribution in [3.63, 3.8) is 0 Å². The van der Waals surface area contributed by atoms with Crippen LogP contribution in [0, 0.1) is 0 Å². The Morgan fingerprint density at radius 1 is 1.24 bits per heavy atom. The summed E-state index contributed by atoms with van der Waals surface area (Å²) in [4.78, 5) is 2.43. The molecule has 0 unspecified atom stereocenters. The molecular weight excluding hydrogens is 264 g/mol. The van der Waals surface area contributed by atoms with Crippen LogP contribution in [0.3, 0.4) is 0 Å². The molecule has 4 heteroatoms. The van der Waals surface area contributed by atoms with Gasteiger partial charge in [-0.25, -0.2) is 0 Å². The smallest absolute Gasteiger partial charge is 0.162 e. The average Bonchev–Trinajstić information content (AvgIpc) is 2.97. The third kappa shape index (κ3) is 2.51. The normalized spacial score (nSPS) is 18.5. The van der Waals surface area contributed by atoms with E-state index in [0.717, 1.165) is 31.6 Å². The van der Waals surface area contributed by atoms with Gasteiger partial charge in [0.2, 0.25) is 0 Å². The second-order valence-corrected chi connectivity index (χ2v) is 5.49. The fourth-order valence-corrected chi connectivity index (χ4v) is 3.25. The van der Waals surface area contributed by atoms with E-state index in [1.54, 1.807) is 13.2 Å². The van der Waals surface area contributed by atoms with E-state index in [-0.39, 0.29) is 5.75 Å². The van der Waals surface area contributed by atoms with Crippen LogP contribution in [0.5, 0.6) is 11.5 Å². The van der Waals surface area contributed by atoms with Gasteiger partial charge in [0.25, 0.3) is 0 Å². The molecule has 0 amide bonds. The van der Waals surface area contributed by atoms with Crippen LogP contribution in [-0.2, 0) is 13.1 Å². The minimum absolute atomic E-state index is 0.260. The number of hydrogen-bond acceptors (Lipinski definition) is 3. The molecule has 0 fully saturated rings. The van der Waals surface area contributed by atoms with Crippen LogP contribution in [0.1, 0.15) is 30.6 Å². The van der Waals surface area contributed by atoms with E-state index in [4.69, 9.17) is 4.74 Å². The van der Waals surface area contributed by atoms with Gasteiger partial charge in [-0.1, -0.05) is 19.1 Å². The lowest BCUT2D eigenvalue weighted by Gasteiger charge is -2.36. The summed E-state index contributed by atoms with van der Waals surface area (Å²) in [6.45, 7) is 4.96. The van der Waals surface area contributed by atoms with Gasteiger partial charge in [0.15, 0.2) is 11.5 Å². The molecule has 2 aromatic rings. The summed E-state index contributed by atoms with van der Waals surface area (Å²) < 4.78 is 7.53. The molecule has 0 saturated carbocycles. The van der Waals surface area contributed by atoms with Gasteiger partial charge in [-0.05, 0) is 24.6 Å². The lowest BCUT2D eigenvalue weighted by molar-refractivity contribution is 0.142. The summed E-state index contributed by atoms with van der Waals surface area (Å²) in [5.74, 6) is 0.803. The van der Waals surface area contributed by atoms with E-state index in [1.165, 1.54) is 5.69 Å².